The number of ether oxygens (including phenoxy) is 2. The van der Waals surface area contributed by atoms with E-state index in [0.717, 1.165) is 57.3 Å². The predicted octanol–water partition coefficient (Wildman–Crippen LogP) is 2.91. The van der Waals surface area contributed by atoms with E-state index in [9.17, 15) is 0 Å². The minimum atomic E-state index is 0. The van der Waals surface area contributed by atoms with Gasteiger partial charge in [0.15, 0.2) is 0 Å². The van der Waals surface area contributed by atoms with E-state index < -0.39 is 0 Å². The fourth-order valence-corrected chi connectivity index (χ4v) is 2.29. The molecule has 1 saturated heterocycles. The summed E-state index contributed by atoms with van der Waals surface area (Å²) in [6.45, 7) is 10.5. The molecule has 0 spiro atoms. The highest BCUT2D eigenvalue weighted by molar-refractivity contribution is 5.85. The van der Waals surface area contributed by atoms with Gasteiger partial charge in [0.05, 0.1) is 6.10 Å². The van der Waals surface area contributed by atoms with Gasteiger partial charge in [0, 0.05) is 32.7 Å². The Balaban J connectivity index is 0.00000242. The van der Waals surface area contributed by atoms with Crippen molar-refractivity contribution in [1.29, 1.82) is 0 Å². The van der Waals surface area contributed by atoms with Gasteiger partial charge in [0.1, 0.15) is 18.1 Å². The van der Waals surface area contributed by atoms with Gasteiger partial charge in [-0.2, -0.15) is 0 Å². The Hall–Kier alpha value is -0.970. The molecule has 1 aromatic carbocycles. The zero-order valence-electron chi connectivity index (χ0n) is 14.0. The van der Waals surface area contributed by atoms with Gasteiger partial charge in [-0.05, 0) is 44.7 Å². The molecule has 1 aliphatic rings. The van der Waals surface area contributed by atoms with Crippen LogP contribution in [0.1, 0.15) is 20.3 Å². The summed E-state index contributed by atoms with van der Waals surface area (Å²) in [5.41, 5.74) is 0. The summed E-state index contributed by atoms with van der Waals surface area (Å²) in [5.74, 6) is 1.83. The molecule has 0 N–H and O–H groups in total. The molecule has 126 valence electrons. The maximum absolute atomic E-state index is 5.81. The lowest BCUT2D eigenvalue weighted by Crippen LogP contribution is -2.45. The number of likely N-dealkylation sites (N-methyl/N-ethyl adjacent to an activating group) is 1. The number of nitrogens with zero attached hydrogens (tertiary/aromatic N) is 2. The SMILES string of the molecule is CCC(C)Oc1ccc(OCCN2CCN(C)CC2)cc1.Cl. The summed E-state index contributed by atoms with van der Waals surface area (Å²) in [6, 6.07) is 7.94. The van der Waals surface area contributed by atoms with Crippen molar-refractivity contribution in [3.05, 3.63) is 24.3 Å². The van der Waals surface area contributed by atoms with Crippen LogP contribution in [0.3, 0.4) is 0 Å². The third kappa shape index (κ3) is 6.42. The zero-order valence-corrected chi connectivity index (χ0v) is 14.8. The molecule has 1 aromatic rings. The Morgan fingerprint density at radius 1 is 1.05 bits per heavy atom. The third-order valence-corrected chi connectivity index (χ3v) is 4.01. The normalized spacial score (nSPS) is 17.6. The Morgan fingerprint density at radius 3 is 2.23 bits per heavy atom. The lowest BCUT2D eigenvalue weighted by molar-refractivity contribution is 0.133. The van der Waals surface area contributed by atoms with Gasteiger partial charge in [-0.25, -0.2) is 0 Å². The van der Waals surface area contributed by atoms with E-state index in [-0.39, 0.29) is 18.5 Å². The number of hydrogen-bond acceptors (Lipinski definition) is 4. The summed E-state index contributed by atoms with van der Waals surface area (Å²) in [5, 5.41) is 0. The van der Waals surface area contributed by atoms with Crippen molar-refractivity contribution in [3.63, 3.8) is 0 Å². The van der Waals surface area contributed by atoms with Crippen molar-refractivity contribution in [2.24, 2.45) is 0 Å². The first kappa shape index (κ1) is 19.1. The van der Waals surface area contributed by atoms with Crippen LogP contribution in [0.15, 0.2) is 24.3 Å². The highest BCUT2D eigenvalue weighted by atomic mass is 35.5. The monoisotopic (exact) mass is 328 g/mol. The van der Waals surface area contributed by atoms with Crippen LogP contribution in [0.2, 0.25) is 0 Å². The maximum Gasteiger partial charge on any atom is 0.119 e. The minimum absolute atomic E-state index is 0. The third-order valence-electron chi connectivity index (χ3n) is 4.01. The second kappa shape index (κ2) is 9.93. The molecule has 2 rings (SSSR count). The van der Waals surface area contributed by atoms with Crippen LogP contribution in [0.4, 0.5) is 0 Å². The van der Waals surface area contributed by atoms with Crippen LogP contribution in [-0.4, -0.2) is 62.3 Å². The van der Waals surface area contributed by atoms with Gasteiger partial charge >= 0.3 is 0 Å². The fraction of sp³-hybridized carbons (Fsp3) is 0.647. The van der Waals surface area contributed by atoms with Gasteiger partial charge in [0.2, 0.25) is 0 Å². The zero-order chi connectivity index (χ0) is 15.1. The lowest BCUT2D eigenvalue weighted by Gasteiger charge is -2.32. The Labute approximate surface area is 140 Å². The molecule has 1 atom stereocenters. The summed E-state index contributed by atoms with van der Waals surface area (Å²) >= 11 is 0. The summed E-state index contributed by atoms with van der Waals surface area (Å²) in [7, 11) is 2.18. The molecule has 22 heavy (non-hydrogen) atoms. The number of piperazine rings is 1. The molecule has 5 heteroatoms. The van der Waals surface area contributed by atoms with E-state index in [1.54, 1.807) is 0 Å². The highest BCUT2D eigenvalue weighted by Gasteiger charge is 2.13. The van der Waals surface area contributed by atoms with Crippen LogP contribution in [0, 0.1) is 0 Å². The molecule has 4 nitrogen and oxygen atoms in total. The van der Waals surface area contributed by atoms with E-state index in [1.807, 2.05) is 24.3 Å². The summed E-state index contributed by atoms with van der Waals surface area (Å²) in [4.78, 5) is 4.83. The smallest absolute Gasteiger partial charge is 0.119 e. The Bertz CT molecular complexity index is 406. The van der Waals surface area contributed by atoms with Crippen molar-refractivity contribution in [2.45, 2.75) is 26.4 Å². The van der Waals surface area contributed by atoms with Crippen LogP contribution in [-0.2, 0) is 0 Å². The average Bonchev–Trinajstić information content (AvgIpc) is 2.51. The highest BCUT2D eigenvalue weighted by Crippen LogP contribution is 2.19. The van der Waals surface area contributed by atoms with Gasteiger partial charge in [0.25, 0.3) is 0 Å². The molecular weight excluding hydrogens is 300 g/mol. The van der Waals surface area contributed by atoms with Crippen molar-refractivity contribution in [2.75, 3.05) is 46.4 Å². The molecule has 0 radical (unpaired) electrons. The van der Waals surface area contributed by atoms with E-state index in [2.05, 4.69) is 30.7 Å². The largest absolute Gasteiger partial charge is 0.492 e. The van der Waals surface area contributed by atoms with Crippen LogP contribution in [0.5, 0.6) is 11.5 Å². The van der Waals surface area contributed by atoms with Crippen molar-refractivity contribution >= 4 is 12.4 Å². The first-order valence-corrected chi connectivity index (χ1v) is 7.98. The molecule has 0 saturated carbocycles. The lowest BCUT2D eigenvalue weighted by atomic mass is 10.3. The average molecular weight is 329 g/mol. The molecule has 0 amide bonds. The van der Waals surface area contributed by atoms with E-state index in [0.29, 0.717) is 0 Å². The second-order valence-corrected chi connectivity index (χ2v) is 5.80. The molecular formula is C17H29ClN2O2. The molecule has 1 heterocycles. The van der Waals surface area contributed by atoms with Crippen molar-refractivity contribution in [3.8, 4) is 11.5 Å². The predicted molar refractivity (Wildman–Crippen MR) is 93.5 cm³/mol. The van der Waals surface area contributed by atoms with E-state index in [1.165, 1.54) is 0 Å². The Morgan fingerprint density at radius 2 is 1.64 bits per heavy atom. The number of halogens is 1. The molecule has 0 aliphatic carbocycles. The number of benzene rings is 1. The van der Waals surface area contributed by atoms with Gasteiger partial charge in [-0.3, -0.25) is 4.90 Å². The van der Waals surface area contributed by atoms with Gasteiger partial charge in [-0.15, -0.1) is 12.4 Å². The first-order valence-electron chi connectivity index (χ1n) is 7.98. The standard InChI is InChI=1S/C17H28N2O2.ClH/c1-4-15(2)21-17-7-5-16(6-8-17)20-14-13-19-11-9-18(3)10-12-19;/h5-8,15H,4,9-14H2,1-3H3;1H. The van der Waals surface area contributed by atoms with E-state index in [4.69, 9.17) is 9.47 Å². The topological polar surface area (TPSA) is 24.9 Å². The number of hydrogen-bond donors (Lipinski definition) is 0. The minimum Gasteiger partial charge on any atom is -0.492 e. The maximum atomic E-state index is 5.81. The van der Waals surface area contributed by atoms with Crippen LogP contribution >= 0.6 is 12.4 Å². The molecule has 1 unspecified atom stereocenters. The molecule has 1 fully saturated rings. The van der Waals surface area contributed by atoms with Crippen LogP contribution in [0.25, 0.3) is 0 Å². The molecule has 0 aromatic heterocycles. The molecule has 1 aliphatic heterocycles. The van der Waals surface area contributed by atoms with Gasteiger partial charge < -0.3 is 14.4 Å². The second-order valence-electron chi connectivity index (χ2n) is 5.80. The Kier molecular flexibility index (Phi) is 8.61. The van der Waals surface area contributed by atoms with Crippen molar-refractivity contribution in [1.82, 2.24) is 9.80 Å². The quantitative estimate of drug-likeness (QED) is 0.768. The first-order chi connectivity index (χ1) is 10.2. The van der Waals surface area contributed by atoms with E-state index >= 15 is 0 Å². The van der Waals surface area contributed by atoms with Crippen LogP contribution < -0.4 is 9.47 Å². The number of rotatable bonds is 7. The fourth-order valence-electron chi connectivity index (χ4n) is 2.29. The summed E-state index contributed by atoms with van der Waals surface area (Å²) < 4.78 is 11.6. The van der Waals surface area contributed by atoms with Crippen molar-refractivity contribution < 1.29 is 9.47 Å². The summed E-state index contributed by atoms with van der Waals surface area (Å²) in [6.07, 6.45) is 1.28. The molecule has 0 bridgehead atoms. The van der Waals surface area contributed by atoms with Gasteiger partial charge in [-0.1, -0.05) is 6.92 Å².